The lowest BCUT2D eigenvalue weighted by molar-refractivity contribution is -0.140. The van der Waals surface area contributed by atoms with Crippen molar-refractivity contribution >= 4 is 12.0 Å². The Labute approximate surface area is 87.4 Å². The fourth-order valence-electron chi connectivity index (χ4n) is 1.71. The van der Waals surface area contributed by atoms with Crippen LogP contribution in [0.2, 0.25) is 0 Å². The Morgan fingerprint density at radius 2 is 2.53 bits per heavy atom. The molecule has 15 heavy (non-hydrogen) atoms. The normalized spacial score (nSPS) is 27.8. The molecule has 5 heteroatoms. The number of rotatable bonds is 2. The zero-order chi connectivity index (χ0) is 10.8. The second-order valence-corrected chi connectivity index (χ2v) is 3.46. The molecule has 2 rings (SSSR count). The number of carbonyl (C=O) groups excluding carboxylic acids is 2. The summed E-state index contributed by atoms with van der Waals surface area (Å²) in [5, 5.41) is 2.67. The van der Waals surface area contributed by atoms with Crippen molar-refractivity contribution < 1.29 is 14.3 Å². The lowest BCUT2D eigenvalue weighted by Crippen LogP contribution is -2.55. The fraction of sp³-hybridized carbons (Fsp3) is 0.400. The molecular formula is C10H12N2O3. The van der Waals surface area contributed by atoms with Gasteiger partial charge in [-0.2, -0.15) is 0 Å². The van der Waals surface area contributed by atoms with Crippen molar-refractivity contribution in [2.24, 2.45) is 0 Å². The summed E-state index contributed by atoms with van der Waals surface area (Å²) in [4.78, 5) is 23.9. The SMILES string of the molecule is CC=COC(=O)NC1C=CN2C(=O)CC12. The van der Waals surface area contributed by atoms with Gasteiger partial charge in [0.1, 0.15) is 0 Å². The van der Waals surface area contributed by atoms with Crippen LogP contribution in [0.5, 0.6) is 0 Å². The van der Waals surface area contributed by atoms with Crippen LogP contribution in [0.1, 0.15) is 13.3 Å². The van der Waals surface area contributed by atoms with Gasteiger partial charge in [-0.3, -0.25) is 4.79 Å². The molecule has 0 aromatic carbocycles. The number of β-lactam (4-membered cyclic amide) rings is 1. The molecule has 2 amide bonds. The van der Waals surface area contributed by atoms with E-state index in [2.05, 4.69) is 5.32 Å². The van der Waals surface area contributed by atoms with Crippen molar-refractivity contribution in [2.45, 2.75) is 25.4 Å². The van der Waals surface area contributed by atoms with Crippen LogP contribution in [0, 0.1) is 0 Å². The van der Waals surface area contributed by atoms with E-state index >= 15 is 0 Å². The van der Waals surface area contributed by atoms with E-state index in [0.717, 1.165) is 0 Å². The fourth-order valence-corrected chi connectivity index (χ4v) is 1.71. The van der Waals surface area contributed by atoms with Crippen LogP contribution in [0.3, 0.4) is 0 Å². The van der Waals surface area contributed by atoms with Crippen LogP contribution in [-0.4, -0.2) is 29.0 Å². The summed E-state index contributed by atoms with van der Waals surface area (Å²) in [6, 6.07) is -0.0453. The topological polar surface area (TPSA) is 58.6 Å². The van der Waals surface area contributed by atoms with Crippen molar-refractivity contribution in [2.75, 3.05) is 0 Å². The van der Waals surface area contributed by atoms with Crippen molar-refractivity contribution in [1.82, 2.24) is 10.2 Å². The molecule has 5 nitrogen and oxygen atoms in total. The molecule has 1 N–H and O–H groups in total. The maximum atomic E-state index is 11.2. The van der Waals surface area contributed by atoms with E-state index in [0.29, 0.717) is 6.42 Å². The number of fused-ring (bicyclic) bond motifs is 1. The number of alkyl carbamates (subject to hydrolysis) is 1. The molecule has 0 saturated carbocycles. The maximum absolute atomic E-state index is 11.2. The Hall–Kier alpha value is -1.78. The van der Waals surface area contributed by atoms with Crippen LogP contribution in [0.4, 0.5) is 4.79 Å². The lowest BCUT2D eigenvalue weighted by atomic mass is 9.99. The molecule has 2 aliphatic heterocycles. The molecule has 0 aromatic heterocycles. The molecular weight excluding hydrogens is 196 g/mol. The van der Waals surface area contributed by atoms with E-state index in [1.54, 1.807) is 30.2 Å². The third-order valence-electron chi connectivity index (χ3n) is 2.49. The van der Waals surface area contributed by atoms with Gasteiger partial charge in [-0.15, -0.1) is 0 Å². The first-order valence-corrected chi connectivity index (χ1v) is 4.80. The molecule has 2 unspecified atom stereocenters. The molecule has 1 saturated heterocycles. The smallest absolute Gasteiger partial charge is 0.412 e. The number of carbonyl (C=O) groups is 2. The number of hydrogen-bond acceptors (Lipinski definition) is 3. The Bertz CT molecular complexity index is 349. The first kappa shape index (κ1) is 9.76. The third-order valence-corrected chi connectivity index (χ3v) is 2.49. The van der Waals surface area contributed by atoms with Gasteiger partial charge >= 0.3 is 6.09 Å². The largest absolute Gasteiger partial charge is 0.419 e. The summed E-state index contributed by atoms with van der Waals surface area (Å²) in [7, 11) is 0. The molecule has 0 aliphatic carbocycles. The number of ether oxygens (including phenoxy) is 1. The Balaban J connectivity index is 1.84. The van der Waals surface area contributed by atoms with Crippen LogP contribution in [0.25, 0.3) is 0 Å². The predicted molar refractivity (Wildman–Crippen MR) is 52.6 cm³/mol. The number of allylic oxidation sites excluding steroid dienone is 1. The van der Waals surface area contributed by atoms with Crippen molar-refractivity contribution in [1.29, 1.82) is 0 Å². The summed E-state index contributed by atoms with van der Waals surface area (Å²) in [6.45, 7) is 1.76. The van der Waals surface area contributed by atoms with Crippen LogP contribution in [-0.2, 0) is 9.53 Å². The Kier molecular flexibility index (Phi) is 2.45. The number of amides is 2. The lowest BCUT2D eigenvalue weighted by Gasteiger charge is -2.36. The van der Waals surface area contributed by atoms with Crippen LogP contribution in [0.15, 0.2) is 24.6 Å². The summed E-state index contributed by atoms with van der Waals surface area (Å²) in [6.07, 6.45) is 6.44. The number of nitrogens with one attached hydrogen (secondary N) is 1. The highest BCUT2D eigenvalue weighted by Gasteiger charge is 2.43. The molecule has 0 bridgehead atoms. The highest BCUT2D eigenvalue weighted by atomic mass is 16.5. The minimum Gasteiger partial charge on any atom is -0.419 e. The molecule has 1 fully saturated rings. The highest BCUT2D eigenvalue weighted by molar-refractivity contribution is 5.86. The quantitative estimate of drug-likeness (QED) is 0.538. The zero-order valence-electron chi connectivity index (χ0n) is 8.34. The van der Waals surface area contributed by atoms with E-state index in [4.69, 9.17) is 4.74 Å². The van der Waals surface area contributed by atoms with Gasteiger partial charge < -0.3 is 15.0 Å². The average molecular weight is 208 g/mol. The second-order valence-electron chi connectivity index (χ2n) is 3.46. The first-order valence-electron chi connectivity index (χ1n) is 4.80. The van der Waals surface area contributed by atoms with Crippen molar-refractivity contribution in [3.8, 4) is 0 Å². The molecule has 2 heterocycles. The van der Waals surface area contributed by atoms with E-state index in [1.807, 2.05) is 0 Å². The predicted octanol–water partition coefficient (Wildman–Crippen LogP) is 0.743. The van der Waals surface area contributed by atoms with Gasteiger partial charge in [0.05, 0.1) is 24.8 Å². The molecule has 0 spiro atoms. The van der Waals surface area contributed by atoms with Gasteiger partial charge in [0.25, 0.3) is 0 Å². The van der Waals surface area contributed by atoms with Gasteiger partial charge in [0, 0.05) is 6.20 Å². The van der Waals surface area contributed by atoms with E-state index < -0.39 is 6.09 Å². The monoisotopic (exact) mass is 208 g/mol. The molecule has 0 radical (unpaired) electrons. The minimum atomic E-state index is -0.496. The van der Waals surface area contributed by atoms with Gasteiger partial charge in [-0.1, -0.05) is 6.08 Å². The molecule has 80 valence electrons. The maximum Gasteiger partial charge on any atom is 0.412 e. The van der Waals surface area contributed by atoms with Crippen LogP contribution < -0.4 is 5.32 Å². The average Bonchev–Trinajstić information content (AvgIpc) is 2.52. The van der Waals surface area contributed by atoms with Crippen molar-refractivity contribution in [3.63, 3.8) is 0 Å². The van der Waals surface area contributed by atoms with Gasteiger partial charge in [-0.25, -0.2) is 4.79 Å². The minimum absolute atomic E-state index is 0.0793. The van der Waals surface area contributed by atoms with E-state index in [1.165, 1.54) is 6.26 Å². The number of nitrogens with zero attached hydrogens (tertiary/aromatic N) is 1. The molecule has 0 aromatic rings. The van der Waals surface area contributed by atoms with Crippen molar-refractivity contribution in [3.05, 3.63) is 24.6 Å². The van der Waals surface area contributed by atoms with E-state index in [-0.39, 0.29) is 18.0 Å². The van der Waals surface area contributed by atoms with Gasteiger partial charge in [0.15, 0.2) is 0 Å². The molecule has 2 aliphatic rings. The summed E-state index contributed by atoms with van der Waals surface area (Å²) in [5.74, 6) is 0.0994. The first-order chi connectivity index (χ1) is 7.22. The zero-order valence-corrected chi connectivity index (χ0v) is 8.34. The summed E-state index contributed by atoms with van der Waals surface area (Å²) in [5.41, 5.74) is 0. The summed E-state index contributed by atoms with van der Waals surface area (Å²) < 4.78 is 4.72. The number of hydrogen-bond donors (Lipinski definition) is 1. The highest BCUT2D eigenvalue weighted by Crippen LogP contribution is 2.28. The van der Waals surface area contributed by atoms with Crippen LogP contribution >= 0.6 is 0 Å². The van der Waals surface area contributed by atoms with E-state index in [9.17, 15) is 9.59 Å². The van der Waals surface area contributed by atoms with Gasteiger partial charge in [0.2, 0.25) is 5.91 Å². The molecule has 2 atom stereocenters. The standard InChI is InChI=1S/C10H12N2O3/c1-2-5-15-10(14)11-7-3-4-12-8(7)6-9(12)13/h2-5,7-8H,6H2,1H3,(H,11,14). The van der Waals surface area contributed by atoms with Gasteiger partial charge in [-0.05, 0) is 13.0 Å². The summed E-state index contributed by atoms with van der Waals surface area (Å²) >= 11 is 0. The second kappa shape index (κ2) is 3.76. The third kappa shape index (κ3) is 1.72. The Morgan fingerprint density at radius 3 is 3.13 bits per heavy atom. The Morgan fingerprint density at radius 1 is 1.73 bits per heavy atom.